The largest absolute Gasteiger partial charge is 0.339 e. The van der Waals surface area contributed by atoms with E-state index in [1.165, 1.54) is 0 Å². The van der Waals surface area contributed by atoms with Crippen molar-refractivity contribution in [3.63, 3.8) is 0 Å². The highest BCUT2D eigenvalue weighted by atomic mass is 31.2. The van der Waals surface area contributed by atoms with E-state index in [9.17, 15) is 4.57 Å². The van der Waals surface area contributed by atoms with Crippen molar-refractivity contribution in [1.82, 2.24) is 5.32 Å². The molecule has 0 saturated heterocycles. The monoisotopic (exact) mass is 195 g/mol. The summed E-state index contributed by atoms with van der Waals surface area (Å²) in [6.45, 7) is 6.88. The predicted octanol–water partition coefficient (Wildman–Crippen LogP) is 1.00. The van der Waals surface area contributed by atoms with E-state index >= 15 is 0 Å². The third-order valence-electron chi connectivity index (χ3n) is 1.92. The van der Waals surface area contributed by atoms with Crippen LogP contribution in [-0.2, 0) is 4.57 Å². The van der Waals surface area contributed by atoms with E-state index in [1.54, 1.807) is 0 Å². The Hall–Kier alpha value is 0.110. The Labute approximate surface area is 73.5 Å². The molecule has 12 heavy (non-hydrogen) atoms. The standard InChI is InChI=1S/C7H18NO3P/c1-6(2)7(3)4-8-5-12(9,10)11/h6-8H,4-5H2,1-3H3,(H2,9,10,11). The van der Waals surface area contributed by atoms with E-state index in [4.69, 9.17) is 9.79 Å². The second kappa shape index (κ2) is 4.97. The second-order valence-corrected chi connectivity index (χ2v) is 5.14. The summed E-state index contributed by atoms with van der Waals surface area (Å²) in [7, 11) is -3.86. The summed E-state index contributed by atoms with van der Waals surface area (Å²) < 4.78 is 10.4. The summed E-state index contributed by atoms with van der Waals surface area (Å²) in [4.78, 5) is 17.0. The van der Waals surface area contributed by atoms with Gasteiger partial charge >= 0.3 is 7.60 Å². The Morgan fingerprint density at radius 1 is 1.33 bits per heavy atom. The van der Waals surface area contributed by atoms with Gasteiger partial charge in [-0.15, -0.1) is 0 Å². The molecule has 0 spiro atoms. The van der Waals surface area contributed by atoms with E-state index in [1.807, 2.05) is 0 Å². The zero-order chi connectivity index (χ0) is 9.78. The number of hydrogen-bond donors (Lipinski definition) is 3. The topological polar surface area (TPSA) is 69.6 Å². The molecule has 74 valence electrons. The smallest absolute Gasteiger partial charge is 0.324 e. The minimum Gasteiger partial charge on any atom is -0.324 e. The van der Waals surface area contributed by atoms with Gasteiger partial charge < -0.3 is 15.1 Å². The second-order valence-electron chi connectivity index (χ2n) is 3.50. The van der Waals surface area contributed by atoms with Gasteiger partial charge in [0.15, 0.2) is 0 Å². The maximum atomic E-state index is 10.4. The summed E-state index contributed by atoms with van der Waals surface area (Å²) in [6, 6.07) is 0. The van der Waals surface area contributed by atoms with Crippen LogP contribution in [-0.4, -0.2) is 22.6 Å². The molecule has 0 heterocycles. The Kier molecular flexibility index (Phi) is 5.02. The molecular formula is C7H18NO3P. The molecule has 5 heteroatoms. The zero-order valence-electron chi connectivity index (χ0n) is 7.82. The van der Waals surface area contributed by atoms with Crippen LogP contribution in [0.1, 0.15) is 20.8 Å². The average molecular weight is 195 g/mol. The lowest BCUT2D eigenvalue weighted by molar-refractivity contribution is 0.356. The van der Waals surface area contributed by atoms with Crippen LogP contribution in [0.25, 0.3) is 0 Å². The molecule has 0 aliphatic rings. The van der Waals surface area contributed by atoms with Crippen LogP contribution in [0.2, 0.25) is 0 Å². The number of nitrogens with one attached hydrogen (secondary N) is 1. The van der Waals surface area contributed by atoms with Crippen molar-refractivity contribution in [1.29, 1.82) is 0 Å². The Morgan fingerprint density at radius 2 is 1.83 bits per heavy atom. The molecule has 0 aromatic heterocycles. The highest BCUT2D eigenvalue weighted by molar-refractivity contribution is 7.51. The molecule has 0 saturated carbocycles. The Balaban J connectivity index is 3.51. The van der Waals surface area contributed by atoms with E-state index in [0.717, 1.165) is 0 Å². The normalized spacial score (nSPS) is 15.2. The summed E-state index contributed by atoms with van der Waals surface area (Å²) in [5, 5.41) is 2.74. The van der Waals surface area contributed by atoms with Crippen molar-refractivity contribution >= 4 is 7.60 Å². The van der Waals surface area contributed by atoms with Gasteiger partial charge in [0.1, 0.15) is 0 Å². The average Bonchev–Trinajstić information content (AvgIpc) is 1.84. The summed E-state index contributed by atoms with van der Waals surface area (Å²) in [6.07, 6.45) is -0.218. The van der Waals surface area contributed by atoms with Crippen molar-refractivity contribution in [2.45, 2.75) is 20.8 Å². The van der Waals surface area contributed by atoms with Gasteiger partial charge in [0.2, 0.25) is 0 Å². The van der Waals surface area contributed by atoms with Crippen molar-refractivity contribution in [3.8, 4) is 0 Å². The summed E-state index contributed by atoms with van der Waals surface area (Å²) >= 11 is 0. The van der Waals surface area contributed by atoms with Crippen LogP contribution >= 0.6 is 7.60 Å². The first-order chi connectivity index (χ1) is 5.33. The first kappa shape index (κ1) is 12.1. The predicted molar refractivity (Wildman–Crippen MR) is 48.9 cm³/mol. The lowest BCUT2D eigenvalue weighted by Crippen LogP contribution is -2.25. The molecule has 0 rings (SSSR count). The van der Waals surface area contributed by atoms with Crippen molar-refractivity contribution in [2.24, 2.45) is 11.8 Å². The van der Waals surface area contributed by atoms with Crippen LogP contribution in [0.3, 0.4) is 0 Å². The van der Waals surface area contributed by atoms with Crippen LogP contribution in [0.5, 0.6) is 0 Å². The Morgan fingerprint density at radius 3 is 2.17 bits per heavy atom. The lowest BCUT2D eigenvalue weighted by atomic mass is 9.98. The molecular weight excluding hydrogens is 177 g/mol. The van der Waals surface area contributed by atoms with Crippen molar-refractivity contribution in [3.05, 3.63) is 0 Å². The third-order valence-corrected chi connectivity index (χ3v) is 2.56. The van der Waals surface area contributed by atoms with E-state index in [-0.39, 0.29) is 6.29 Å². The summed E-state index contributed by atoms with van der Waals surface area (Å²) in [5.74, 6) is 0.978. The molecule has 0 aliphatic carbocycles. The zero-order valence-corrected chi connectivity index (χ0v) is 8.71. The van der Waals surface area contributed by atoms with Crippen LogP contribution in [0.15, 0.2) is 0 Å². The molecule has 1 unspecified atom stereocenters. The van der Waals surface area contributed by atoms with Crippen LogP contribution in [0, 0.1) is 11.8 Å². The van der Waals surface area contributed by atoms with Gasteiger partial charge in [0.05, 0.1) is 6.29 Å². The number of hydrogen-bond acceptors (Lipinski definition) is 2. The maximum absolute atomic E-state index is 10.4. The minimum atomic E-state index is -3.86. The molecule has 0 bridgehead atoms. The molecule has 0 aromatic rings. The van der Waals surface area contributed by atoms with Gasteiger partial charge in [-0.25, -0.2) is 0 Å². The van der Waals surface area contributed by atoms with Gasteiger partial charge in [-0.1, -0.05) is 20.8 Å². The van der Waals surface area contributed by atoms with E-state index in [0.29, 0.717) is 18.4 Å². The van der Waals surface area contributed by atoms with Gasteiger partial charge in [-0.3, -0.25) is 4.57 Å². The fourth-order valence-electron chi connectivity index (χ4n) is 0.674. The van der Waals surface area contributed by atoms with Crippen LogP contribution < -0.4 is 5.32 Å². The van der Waals surface area contributed by atoms with Gasteiger partial charge in [0, 0.05) is 0 Å². The maximum Gasteiger partial charge on any atom is 0.339 e. The molecule has 4 nitrogen and oxygen atoms in total. The van der Waals surface area contributed by atoms with Crippen molar-refractivity contribution < 1.29 is 14.4 Å². The third kappa shape index (κ3) is 6.80. The van der Waals surface area contributed by atoms with E-state index < -0.39 is 7.60 Å². The molecule has 0 fully saturated rings. The first-order valence-corrected chi connectivity index (χ1v) is 5.88. The lowest BCUT2D eigenvalue weighted by Gasteiger charge is -2.16. The highest BCUT2D eigenvalue weighted by Crippen LogP contribution is 2.31. The van der Waals surface area contributed by atoms with Crippen molar-refractivity contribution in [2.75, 3.05) is 12.8 Å². The summed E-state index contributed by atoms with van der Waals surface area (Å²) in [5.41, 5.74) is 0. The molecule has 0 aromatic carbocycles. The van der Waals surface area contributed by atoms with Crippen LogP contribution in [0.4, 0.5) is 0 Å². The molecule has 0 aliphatic heterocycles. The molecule has 3 N–H and O–H groups in total. The first-order valence-electron chi connectivity index (χ1n) is 4.08. The molecule has 1 atom stereocenters. The Bertz CT molecular complexity index is 166. The highest BCUT2D eigenvalue weighted by Gasteiger charge is 2.13. The minimum absolute atomic E-state index is 0.218. The fraction of sp³-hybridized carbons (Fsp3) is 1.00. The SMILES string of the molecule is CC(C)C(C)CNCP(=O)(O)O. The fourth-order valence-corrected chi connectivity index (χ4v) is 1.09. The van der Waals surface area contributed by atoms with Gasteiger partial charge in [-0.2, -0.15) is 0 Å². The molecule has 0 radical (unpaired) electrons. The molecule has 0 amide bonds. The van der Waals surface area contributed by atoms with Gasteiger partial charge in [-0.05, 0) is 18.4 Å². The quantitative estimate of drug-likeness (QED) is 0.572. The van der Waals surface area contributed by atoms with E-state index in [2.05, 4.69) is 26.1 Å². The number of rotatable bonds is 5. The van der Waals surface area contributed by atoms with Gasteiger partial charge in [0.25, 0.3) is 0 Å².